The molecule has 2 aromatic rings. The van der Waals surface area contributed by atoms with Crippen LogP contribution < -0.4 is 9.47 Å². The van der Waals surface area contributed by atoms with Gasteiger partial charge < -0.3 is 9.47 Å². The highest BCUT2D eigenvalue weighted by molar-refractivity contribution is 5.31. The van der Waals surface area contributed by atoms with Crippen LogP contribution in [0, 0.1) is 6.92 Å². The van der Waals surface area contributed by atoms with Crippen molar-refractivity contribution in [1.29, 1.82) is 0 Å². The van der Waals surface area contributed by atoms with Gasteiger partial charge >= 0.3 is 0 Å². The zero-order chi connectivity index (χ0) is 15.3. The maximum atomic E-state index is 5.69. The van der Waals surface area contributed by atoms with Gasteiger partial charge in [-0.25, -0.2) is 0 Å². The van der Waals surface area contributed by atoms with Crippen molar-refractivity contribution in [3.05, 3.63) is 59.7 Å². The summed E-state index contributed by atoms with van der Waals surface area (Å²) in [6.07, 6.45) is 0. The molecule has 0 aliphatic carbocycles. The van der Waals surface area contributed by atoms with Crippen molar-refractivity contribution in [3.8, 4) is 11.5 Å². The minimum absolute atomic E-state index is 0.174. The highest BCUT2D eigenvalue weighted by atomic mass is 16.5. The number of hydrogen-bond acceptors (Lipinski definition) is 2. The van der Waals surface area contributed by atoms with Crippen molar-refractivity contribution in [3.63, 3.8) is 0 Å². The van der Waals surface area contributed by atoms with E-state index in [9.17, 15) is 0 Å². The molecule has 21 heavy (non-hydrogen) atoms. The fourth-order valence-electron chi connectivity index (χ4n) is 2.00. The van der Waals surface area contributed by atoms with Crippen LogP contribution in [0.4, 0.5) is 0 Å². The van der Waals surface area contributed by atoms with Crippen LogP contribution in [0.2, 0.25) is 0 Å². The molecule has 0 bridgehead atoms. The molecule has 0 saturated heterocycles. The van der Waals surface area contributed by atoms with Gasteiger partial charge in [-0.3, -0.25) is 0 Å². The van der Waals surface area contributed by atoms with Gasteiger partial charge in [0.2, 0.25) is 0 Å². The van der Waals surface area contributed by atoms with E-state index < -0.39 is 0 Å². The summed E-state index contributed by atoms with van der Waals surface area (Å²) < 4.78 is 11.3. The number of aryl methyl sites for hydroxylation is 1. The van der Waals surface area contributed by atoms with Crippen LogP contribution in [0.5, 0.6) is 11.5 Å². The molecule has 0 aromatic heterocycles. The van der Waals surface area contributed by atoms with Gasteiger partial charge in [-0.15, -0.1) is 0 Å². The lowest BCUT2D eigenvalue weighted by Gasteiger charge is -2.19. The van der Waals surface area contributed by atoms with Crippen LogP contribution in [0.15, 0.2) is 48.5 Å². The standard InChI is InChI=1S/C19H24O2/c1-15-5-9-17(10-6-15)20-13-14-21-18-11-7-16(8-12-18)19(2,3)4/h5-12H,13-14H2,1-4H3. The first kappa shape index (κ1) is 15.4. The molecule has 0 unspecified atom stereocenters. The molecule has 0 heterocycles. The maximum absolute atomic E-state index is 5.69. The Kier molecular flexibility index (Phi) is 4.89. The Morgan fingerprint density at radius 1 is 0.714 bits per heavy atom. The van der Waals surface area contributed by atoms with Gasteiger partial charge in [0, 0.05) is 0 Å². The van der Waals surface area contributed by atoms with E-state index in [2.05, 4.69) is 39.8 Å². The van der Waals surface area contributed by atoms with Crippen molar-refractivity contribution in [2.75, 3.05) is 13.2 Å². The lowest BCUT2D eigenvalue weighted by molar-refractivity contribution is 0.217. The lowest BCUT2D eigenvalue weighted by Crippen LogP contribution is -2.11. The topological polar surface area (TPSA) is 18.5 Å². The molecule has 0 spiro atoms. The van der Waals surface area contributed by atoms with Gasteiger partial charge in [0.1, 0.15) is 24.7 Å². The second kappa shape index (κ2) is 6.66. The Bertz CT molecular complexity index is 548. The van der Waals surface area contributed by atoms with Gasteiger partial charge in [-0.1, -0.05) is 50.6 Å². The third-order valence-electron chi connectivity index (χ3n) is 3.36. The number of ether oxygens (including phenoxy) is 2. The smallest absolute Gasteiger partial charge is 0.122 e. The number of benzene rings is 2. The van der Waals surface area contributed by atoms with E-state index in [4.69, 9.17) is 9.47 Å². The average molecular weight is 284 g/mol. The average Bonchev–Trinajstić information content (AvgIpc) is 2.45. The first-order valence-corrected chi connectivity index (χ1v) is 7.38. The minimum Gasteiger partial charge on any atom is -0.490 e. The quantitative estimate of drug-likeness (QED) is 0.738. The summed E-state index contributed by atoms with van der Waals surface area (Å²) >= 11 is 0. The zero-order valence-electron chi connectivity index (χ0n) is 13.3. The van der Waals surface area contributed by atoms with Crippen molar-refractivity contribution in [1.82, 2.24) is 0 Å². The largest absolute Gasteiger partial charge is 0.490 e. The van der Waals surface area contributed by atoms with Gasteiger partial charge in [0.15, 0.2) is 0 Å². The van der Waals surface area contributed by atoms with Crippen molar-refractivity contribution < 1.29 is 9.47 Å². The van der Waals surface area contributed by atoms with Crippen molar-refractivity contribution in [2.24, 2.45) is 0 Å². The fraction of sp³-hybridized carbons (Fsp3) is 0.368. The Hall–Kier alpha value is -1.96. The van der Waals surface area contributed by atoms with Crippen LogP contribution in [0.1, 0.15) is 31.9 Å². The minimum atomic E-state index is 0.174. The van der Waals surface area contributed by atoms with Gasteiger partial charge in [-0.2, -0.15) is 0 Å². The van der Waals surface area contributed by atoms with Gasteiger partial charge in [-0.05, 0) is 42.2 Å². The van der Waals surface area contributed by atoms with Crippen molar-refractivity contribution in [2.45, 2.75) is 33.1 Å². The molecule has 0 fully saturated rings. The van der Waals surface area contributed by atoms with E-state index in [1.807, 2.05) is 36.4 Å². The van der Waals surface area contributed by atoms with Gasteiger partial charge in [0.25, 0.3) is 0 Å². The van der Waals surface area contributed by atoms with E-state index in [0.29, 0.717) is 13.2 Å². The molecule has 0 atom stereocenters. The van der Waals surface area contributed by atoms with E-state index in [1.54, 1.807) is 0 Å². The Balaban J connectivity index is 1.77. The molecule has 0 N–H and O–H groups in total. The molecule has 0 aliphatic heterocycles. The summed E-state index contributed by atoms with van der Waals surface area (Å²) in [4.78, 5) is 0. The van der Waals surface area contributed by atoms with E-state index in [0.717, 1.165) is 11.5 Å². The molecule has 0 aliphatic rings. The third kappa shape index (κ3) is 4.82. The summed E-state index contributed by atoms with van der Waals surface area (Å²) in [5.74, 6) is 1.77. The monoisotopic (exact) mass is 284 g/mol. The highest BCUT2D eigenvalue weighted by Crippen LogP contribution is 2.24. The van der Waals surface area contributed by atoms with Gasteiger partial charge in [0.05, 0.1) is 0 Å². The summed E-state index contributed by atoms with van der Waals surface area (Å²) in [7, 11) is 0. The second-order valence-electron chi connectivity index (χ2n) is 6.28. The molecular weight excluding hydrogens is 260 g/mol. The Morgan fingerprint density at radius 3 is 1.57 bits per heavy atom. The molecule has 112 valence electrons. The fourth-order valence-corrected chi connectivity index (χ4v) is 2.00. The summed E-state index contributed by atoms with van der Waals surface area (Å²) in [6.45, 7) is 9.77. The van der Waals surface area contributed by atoms with Crippen LogP contribution in [-0.4, -0.2) is 13.2 Å². The van der Waals surface area contributed by atoms with Crippen LogP contribution in [0.3, 0.4) is 0 Å². The third-order valence-corrected chi connectivity index (χ3v) is 3.36. The van der Waals surface area contributed by atoms with E-state index >= 15 is 0 Å². The Morgan fingerprint density at radius 2 is 1.14 bits per heavy atom. The first-order valence-electron chi connectivity index (χ1n) is 7.38. The Labute approximate surface area is 127 Å². The molecule has 2 nitrogen and oxygen atoms in total. The number of hydrogen-bond donors (Lipinski definition) is 0. The predicted molar refractivity (Wildman–Crippen MR) is 87.3 cm³/mol. The molecule has 2 aromatic carbocycles. The first-order chi connectivity index (χ1) is 9.95. The highest BCUT2D eigenvalue weighted by Gasteiger charge is 2.12. The summed E-state index contributed by atoms with van der Waals surface area (Å²) in [6, 6.07) is 16.3. The predicted octanol–water partition coefficient (Wildman–Crippen LogP) is 4.75. The molecule has 2 rings (SSSR count). The molecule has 0 radical (unpaired) electrons. The van der Waals surface area contributed by atoms with E-state index in [1.165, 1.54) is 11.1 Å². The second-order valence-corrected chi connectivity index (χ2v) is 6.28. The van der Waals surface area contributed by atoms with Crippen LogP contribution in [-0.2, 0) is 5.41 Å². The lowest BCUT2D eigenvalue weighted by atomic mass is 9.87. The maximum Gasteiger partial charge on any atom is 0.122 e. The molecule has 2 heteroatoms. The zero-order valence-corrected chi connectivity index (χ0v) is 13.3. The summed E-state index contributed by atoms with van der Waals surface area (Å²) in [5.41, 5.74) is 2.72. The molecular formula is C19H24O2. The molecule has 0 saturated carbocycles. The summed E-state index contributed by atoms with van der Waals surface area (Å²) in [5, 5.41) is 0. The van der Waals surface area contributed by atoms with Crippen LogP contribution in [0.25, 0.3) is 0 Å². The number of rotatable bonds is 5. The van der Waals surface area contributed by atoms with Crippen LogP contribution >= 0.6 is 0 Å². The SMILES string of the molecule is Cc1ccc(OCCOc2ccc(C(C)(C)C)cc2)cc1. The van der Waals surface area contributed by atoms with E-state index in [-0.39, 0.29) is 5.41 Å². The normalized spacial score (nSPS) is 11.2. The molecule has 0 amide bonds. The van der Waals surface area contributed by atoms with Crippen molar-refractivity contribution >= 4 is 0 Å².